The molecule has 24 heavy (non-hydrogen) atoms. The predicted molar refractivity (Wildman–Crippen MR) is 103 cm³/mol. The minimum Gasteiger partial charge on any atom is -0.272 e. The Morgan fingerprint density at radius 3 is 1.71 bits per heavy atom. The number of hydrazine groups is 1. The van der Waals surface area contributed by atoms with Gasteiger partial charge in [0.2, 0.25) is 11.8 Å². The Morgan fingerprint density at radius 2 is 1.25 bits per heavy atom. The highest BCUT2D eigenvalue weighted by atomic mass is 79.9. The van der Waals surface area contributed by atoms with E-state index in [-0.39, 0.29) is 23.3 Å². The number of hydrogen-bond donors (Lipinski definition) is 2. The minimum atomic E-state index is -0.239. The second kappa shape index (κ2) is 9.76. The van der Waals surface area contributed by atoms with Crippen LogP contribution in [-0.4, -0.2) is 23.3 Å². The van der Waals surface area contributed by atoms with Crippen LogP contribution >= 0.6 is 39.5 Å². The number of benzene rings is 2. The molecule has 0 aliphatic heterocycles. The molecule has 0 aliphatic rings. The molecule has 2 aromatic carbocycles. The van der Waals surface area contributed by atoms with Gasteiger partial charge in [0.1, 0.15) is 0 Å². The first-order chi connectivity index (χ1) is 11.5. The SMILES string of the molecule is Cc1ccc(SCC(=O)NNC(=O)CSc2ccc(Br)cc2)cc1. The number of carbonyl (C=O) groups excluding carboxylic acids is 2. The molecule has 0 radical (unpaired) electrons. The van der Waals surface area contributed by atoms with Crippen LogP contribution in [0.15, 0.2) is 62.8 Å². The van der Waals surface area contributed by atoms with Gasteiger partial charge >= 0.3 is 0 Å². The van der Waals surface area contributed by atoms with Gasteiger partial charge in [0, 0.05) is 14.3 Å². The molecule has 0 saturated heterocycles. The van der Waals surface area contributed by atoms with E-state index in [1.54, 1.807) is 0 Å². The second-order valence-electron chi connectivity index (χ2n) is 4.94. The molecule has 7 heteroatoms. The quantitative estimate of drug-likeness (QED) is 0.546. The fraction of sp³-hybridized carbons (Fsp3) is 0.176. The summed E-state index contributed by atoms with van der Waals surface area (Å²) in [6.45, 7) is 2.02. The van der Waals surface area contributed by atoms with Gasteiger partial charge in [-0.15, -0.1) is 23.5 Å². The van der Waals surface area contributed by atoms with Crippen molar-refractivity contribution in [3.05, 3.63) is 58.6 Å². The lowest BCUT2D eigenvalue weighted by atomic mass is 10.2. The Labute approximate surface area is 158 Å². The van der Waals surface area contributed by atoms with E-state index in [0.717, 1.165) is 14.3 Å². The Balaban J connectivity index is 1.64. The molecule has 0 fully saturated rings. The summed E-state index contributed by atoms with van der Waals surface area (Å²) in [4.78, 5) is 25.5. The summed E-state index contributed by atoms with van der Waals surface area (Å²) in [7, 11) is 0. The van der Waals surface area contributed by atoms with Gasteiger partial charge in [0.15, 0.2) is 0 Å². The van der Waals surface area contributed by atoms with E-state index in [1.165, 1.54) is 29.1 Å². The van der Waals surface area contributed by atoms with Gasteiger partial charge in [-0.2, -0.15) is 0 Å². The largest absolute Gasteiger partial charge is 0.272 e. The Morgan fingerprint density at radius 1 is 0.833 bits per heavy atom. The maximum Gasteiger partial charge on any atom is 0.248 e. The zero-order valence-corrected chi connectivity index (χ0v) is 16.3. The van der Waals surface area contributed by atoms with Crippen LogP contribution in [0.5, 0.6) is 0 Å². The summed E-state index contributed by atoms with van der Waals surface area (Å²) in [6, 6.07) is 15.6. The van der Waals surface area contributed by atoms with E-state index in [0.29, 0.717) is 0 Å². The maximum atomic E-state index is 11.7. The lowest BCUT2D eigenvalue weighted by Gasteiger charge is -2.07. The third-order valence-corrected chi connectivity index (χ3v) is 5.47. The van der Waals surface area contributed by atoms with Crippen LogP contribution in [0.1, 0.15) is 5.56 Å². The second-order valence-corrected chi connectivity index (χ2v) is 7.95. The normalized spacial score (nSPS) is 10.2. The van der Waals surface area contributed by atoms with E-state index in [1.807, 2.05) is 55.5 Å². The molecule has 2 rings (SSSR count). The summed E-state index contributed by atoms with van der Waals surface area (Å²) < 4.78 is 0.995. The van der Waals surface area contributed by atoms with E-state index in [2.05, 4.69) is 26.8 Å². The predicted octanol–water partition coefficient (Wildman–Crippen LogP) is 3.79. The monoisotopic (exact) mass is 424 g/mol. The third kappa shape index (κ3) is 6.98. The number of thioether (sulfide) groups is 2. The number of halogens is 1. The molecule has 0 atom stereocenters. The highest BCUT2D eigenvalue weighted by Gasteiger charge is 2.06. The minimum absolute atomic E-state index is 0.234. The first-order valence-corrected chi connectivity index (χ1v) is 9.95. The lowest BCUT2D eigenvalue weighted by molar-refractivity contribution is -0.126. The molecule has 0 saturated carbocycles. The van der Waals surface area contributed by atoms with E-state index >= 15 is 0 Å². The molecule has 126 valence electrons. The lowest BCUT2D eigenvalue weighted by Crippen LogP contribution is -2.43. The van der Waals surface area contributed by atoms with Gasteiger partial charge in [-0.05, 0) is 43.3 Å². The van der Waals surface area contributed by atoms with Crippen LogP contribution in [0.25, 0.3) is 0 Å². The fourth-order valence-electron chi connectivity index (χ4n) is 1.67. The summed E-state index contributed by atoms with van der Waals surface area (Å²) in [5.41, 5.74) is 6.04. The van der Waals surface area contributed by atoms with Crippen LogP contribution in [0.4, 0.5) is 0 Å². The summed E-state index contributed by atoms with van der Waals surface area (Å²) >= 11 is 6.20. The van der Waals surface area contributed by atoms with Crippen molar-refractivity contribution in [3.63, 3.8) is 0 Å². The summed E-state index contributed by atoms with van der Waals surface area (Å²) in [5, 5.41) is 0. The van der Waals surface area contributed by atoms with Crippen LogP contribution in [0, 0.1) is 6.92 Å². The molecule has 0 aliphatic carbocycles. The maximum absolute atomic E-state index is 11.7. The van der Waals surface area contributed by atoms with Crippen molar-refractivity contribution in [2.24, 2.45) is 0 Å². The van der Waals surface area contributed by atoms with Crippen LogP contribution < -0.4 is 10.9 Å². The Hall–Kier alpha value is -1.44. The molecule has 0 bridgehead atoms. The number of amides is 2. The topological polar surface area (TPSA) is 58.2 Å². The highest BCUT2D eigenvalue weighted by molar-refractivity contribution is 9.10. The van der Waals surface area contributed by atoms with Gasteiger partial charge in [0.25, 0.3) is 0 Å². The van der Waals surface area contributed by atoms with Gasteiger partial charge in [-0.1, -0.05) is 33.6 Å². The fourth-order valence-corrected chi connectivity index (χ4v) is 3.34. The van der Waals surface area contributed by atoms with Crippen LogP contribution in [-0.2, 0) is 9.59 Å². The van der Waals surface area contributed by atoms with Crippen LogP contribution in [0.3, 0.4) is 0 Å². The summed E-state index contributed by atoms with van der Waals surface area (Å²) in [6.07, 6.45) is 0. The highest BCUT2D eigenvalue weighted by Crippen LogP contribution is 2.20. The summed E-state index contributed by atoms with van der Waals surface area (Å²) in [5.74, 6) is 0.0233. The molecule has 0 aromatic heterocycles. The molecule has 2 amide bonds. The number of nitrogens with one attached hydrogen (secondary N) is 2. The molecular formula is C17H17BrN2O2S2. The van der Waals surface area contributed by atoms with E-state index in [9.17, 15) is 9.59 Å². The van der Waals surface area contributed by atoms with E-state index < -0.39 is 0 Å². The average molecular weight is 425 g/mol. The molecular weight excluding hydrogens is 408 g/mol. The van der Waals surface area contributed by atoms with Crippen molar-refractivity contribution in [2.75, 3.05) is 11.5 Å². The first kappa shape index (κ1) is 18.9. The zero-order chi connectivity index (χ0) is 17.4. The number of rotatable bonds is 6. The number of hydrogen-bond acceptors (Lipinski definition) is 4. The van der Waals surface area contributed by atoms with E-state index in [4.69, 9.17) is 0 Å². The first-order valence-electron chi connectivity index (χ1n) is 7.18. The van der Waals surface area contributed by atoms with Crippen LogP contribution in [0.2, 0.25) is 0 Å². The number of carbonyl (C=O) groups is 2. The van der Waals surface area contributed by atoms with Crippen molar-refractivity contribution in [2.45, 2.75) is 16.7 Å². The molecule has 2 aromatic rings. The Bertz CT molecular complexity index is 629. The molecule has 0 unspecified atom stereocenters. The smallest absolute Gasteiger partial charge is 0.248 e. The molecule has 2 N–H and O–H groups in total. The standard InChI is InChI=1S/C17H17BrN2O2S2/c1-12-2-6-14(7-3-12)23-10-16(21)19-20-17(22)11-24-15-8-4-13(18)5-9-15/h2-9H,10-11H2,1H3,(H,19,21)(H,20,22). The van der Waals surface area contributed by atoms with Gasteiger partial charge < -0.3 is 0 Å². The zero-order valence-electron chi connectivity index (χ0n) is 13.0. The third-order valence-electron chi connectivity index (χ3n) is 2.92. The van der Waals surface area contributed by atoms with Crippen molar-refractivity contribution in [1.29, 1.82) is 0 Å². The Kier molecular flexibility index (Phi) is 7.68. The molecule has 4 nitrogen and oxygen atoms in total. The van der Waals surface area contributed by atoms with Gasteiger partial charge in [-0.25, -0.2) is 0 Å². The molecule has 0 heterocycles. The van der Waals surface area contributed by atoms with Gasteiger partial charge in [0.05, 0.1) is 11.5 Å². The van der Waals surface area contributed by atoms with Crippen molar-refractivity contribution < 1.29 is 9.59 Å². The number of aryl methyl sites for hydroxylation is 1. The average Bonchev–Trinajstić information content (AvgIpc) is 2.59. The van der Waals surface area contributed by atoms with Crippen molar-refractivity contribution in [3.8, 4) is 0 Å². The molecule has 0 spiro atoms. The van der Waals surface area contributed by atoms with Crippen molar-refractivity contribution >= 4 is 51.3 Å². The van der Waals surface area contributed by atoms with Gasteiger partial charge in [-0.3, -0.25) is 20.4 Å². The van der Waals surface area contributed by atoms with Crippen molar-refractivity contribution in [1.82, 2.24) is 10.9 Å².